The number of hydrogen-bond acceptors (Lipinski definition) is 4. The highest BCUT2D eigenvalue weighted by Crippen LogP contribution is 2.40. The molecule has 4 heterocycles. The smallest absolute Gasteiger partial charge is 0.227 e. The monoisotopic (exact) mass is 557 g/mol. The van der Waals surface area contributed by atoms with Crippen LogP contribution in [0.25, 0.3) is 44.1 Å². The molecule has 2 aliphatic heterocycles. The fourth-order valence-corrected chi connectivity index (χ4v) is 7.15. The number of fused-ring (bicyclic) bond motifs is 9. The van der Waals surface area contributed by atoms with E-state index >= 15 is 0 Å². The van der Waals surface area contributed by atoms with Gasteiger partial charge < -0.3 is 4.42 Å². The second-order valence-electron chi connectivity index (χ2n) is 11.6. The fraction of sp³-hybridized carbons (Fsp3) is 0.154. The van der Waals surface area contributed by atoms with Crippen LogP contribution in [0.15, 0.2) is 130 Å². The van der Waals surface area contributed by atoms with Crippen LogP contribution in [0.2, 0.25) is 0 Å². The molecule has 6 aromatic rings. The molecule has 4 heteroatoms. The summed E-state index contributed by atoms with van der Waals surface area (Å²) in [5.74, 6) is 0.273. The van der Waals surface area contributed by atoms with Crippen molar-refractivity contribution in [2.24, 2.45) is 9.98 Å². The van der Waals surface area contributed by atoms with Gasteiger partial charge in [-0.1, -0.05) is 92.0 Å². The van der Waals surface area contributed by atoms with E-state index in [0.717, 1.165) is 63.1 Å². The SMILES string of the molecule is C=CC1=NC2CC(=C)/N=C(/C)c3c(ccc4c3oc3nc(-c5cccc6ccccc56)ccc34)CCC2c2ccccc21. The predicted octanol–water partition coefficient (Wildman–Crippen LogP) is 9.60. The Hall–Kier alpha value is -5.09. The molecular formula is C39H31N3O. The number of hydrogen-bond donors (Lipinski definition) is 0. The third kappa shape index (κ3) is 4.17. The van der Waals surface area contributed by atoms with Crippen molar-refractivity contribution in [1.29, 1.82) is 0 Å². The lowest BCUT2D eigenvalue weighted by Crippen LogP contribution is -2.27. The molecule has 2 aliphatic rings. The maximum atomic E-state index is 6.64. The van der Waals surface area contributed by atoms with Gasteiger partial charge in [-0.25, -0.2) is 4.98 Å². The zero-order valence-electron chi connectivity index (χ0n) is 24.2. The Balaban J connectivity index is 1.26. The summed E-state index contributed by atoms with van der Waals surface area (Å²) in [6.45, 7) is 10.5. The third-order valence-corrected chi connectivity index (χ3v) is 9.11. The van der Waals surface area contributed by atoms with Gasteiger partial charge in [-0.2, -0.15) is 0 Å². The minimum atomic E-state index is 0.0834. The van der Waals surface area contributed by atoms with Crippen molar-refractivity contribution in [3.63, 3.8) is 0 Å². The van der Waals surface area contributed by atoms with E-state index in [9.17, 15) is 0 Å². The topological polar surface area (TPSA) is 50.8 Å². The Labute approximate surface area is 250 Å². The van der Waals surface area contributed by atoms with Crippen molar-refractivity contribution in [3.8, 4) is 11.3 Å². The first-order chi connectivity index (χ1) is 21.1. The van der Waals surface area contributed by atoms with Gasteiger partial charge >= 0.3 is 0 Å². The standard InChI is InChI=1S/C39H31N3O/c1-4-34-30-14-8-7-13-28(30)31-18-16-26-17-19-32-33-20-21-35(29-15-9-11-25-10-5-6-12-27(25)29)42-39(33)43-38(32)37(26)24(3)40-23(2)22-36(31)41-34/h4-15,17,19-21,31,36H,1-2,16,18,22H2,3H3/b40-24-. The highest BCUT2D eigenvalue weighted by atomic mass is 16.3. The number of aromatic nitrogens is 1. The van der Waals surface area contributed by atoms with E-state index in [2.05, 4.69) is 111 Å². The summed E-state index contributed by atoms with van der Waals surface area (Å²) in [4.78, 5) is 15.2. The van der Waals surface area contributed by atoms with Gasteiger partial charge in [-0.05, 0) is 59.9 Å². The summed E-state index contributed by atoms with van der Waals surface area (Å²) in [5, 5.41) is 4.45. The van der Waals surface area contributed by atoms with Crippen molar-refractivity contribution in [3.05, 3.63) is 138 Å². The summed E-state index contributed by atoms with van der Waals surface area (Å²) in [7, 11) is 0. The minimum absolute atomic E-state index is 0.0834. The molecule has 0 amide bonds. The Bertz CT molecular complexity index is 2180. The van der Waals surface area contributed by atoms with E-state index in [1.165, 1.54) is 27.5 Å². The number of allylic oxidation sites excluding steroid dienone is 1. The lowest BCUT2D eigenvalue weighted by molar-refractivity contribution is 0.490. The van der Waals surface area contributed by atoms with Crippen LogP contribution < -0.4 is 0 Å². The normalized spacial score (nSPS) is 19.7. The second-order valence-corrected chi connectivity index (χ2v) is 11.6. The number of furan rings is 1. The van der Waals surface area contributed by atoms with Gasteiger partial charge in [0.25, 0.3) is 0 Å². The summed E-state index contributed by atoms with van der Waals surface area (Å²) in [6.07, 6.45) is 4.44. The first-order valence-corrected chi connectivity index (χ1v) is 15.0. The molecular weight excluding hydrogens is 526 g/mol. The first kappa shape index (κ1) is 25.6. The number of aryl methyl sites for hydroxylation is 1. The Morgan fingerprint density at radius 1 is 0.837 bits per heavy atom. The highest BCUT2D eigenvalue weighted by Gasteiger charge is 2.31. The van der Waals surface area contributed by atoms with E-state index in [1.807, 2.05) is 6.08 Å². The van der Waals surface area contributed by atoms with Gasteiger partial charge in [0.1, 0.15) is 5.58 Å². The lowest BCUT2D eigenvalue weighted by atomic mass is 9.78. The maximum absolute atomic E-state index is 6.64. The molecule has 8 rings (SSSR count). The van der Waals surface area contributed by atoms with Crippen molar-refractivity contribution in [2.45, 2.75) is 38.1 Å². The van der Waals surface area contributed by atoms with Crippen molar-refractivity contribution < 1.29 is 4.42 Å². The van der Waals surface area contributed by atoms with Gasteiger partial charge in [0.15, 0.2) is 0 Å². The van der Waals surface area contributed by atoms with Gasteiger partial charge in [0.05, 0.1) is 17.4 Å². The number of pyridine rings is 1. The van der Waals surface area contributed by atoms with Crippen LogP contribution in [0, 0.1) is 0 Å². The van der Waals surface area contributed by atoms with Gasteiger partial charge in [0.2, 0.25) is 5.71 Å². The molecule has 2 atom stereocenters. The molecule has 0 radical (unpaired) electrons. The number of aliphatic imine (C=N–C) groups is 2. The average Bonchev–Trinajstić information content (AvgIpc) is 3.40. The van der Waals surface area contributed by atoms with Crippen LogP contribution >= 0.6 is 0 Å². The molecule has 0 saturated carbocycles. The molecule has 0 fully saturated rings. The van der Waals surface area contributed by atoms with E-state index < -0.39 is 0 Å². The molecule has 4 aromatic carbocycles. The number of benzene rings is 4. The number of nitrogens with zero attached hydrogens (tertiary/aromatic N) is 3. The van der Waals surface area contributed by atoms with Crippen LogP contribution in [0.1, 0.15) is 47.9 Å². The lowest BCUT2D eigenvalue weighted by Gasteiger charge is -2.32. The van der Waals surface area contributed by atoms with Gasteiger partial charge in [-0.15, -0.1) is 0 Å². The molecule has 0 saturated heterocycles. The number of rotatable bonds is 2. The Kier molecular flexibility index (Phi) is 5.97. The zero-order valence-corrected chi connectivity index (χ0v) is 24.2. The molecule has 43 heavy (non-hydrogen) atoms. The van der Waals surface area contributed by atoms with E-state index in [4.69, 9.17) is 19.4 Å². The van der Waals surface area contributed by atoms with Crippen LogP contribution in [-0.4, -0.2) is 22.4 Å². The molecule has 2 unspecified atom stereocenters. The van der Waals surface area contributed by atoms with Crippen molar-refractivity contribution >= 4 is 44.3 Å². The third-order valence-electron chi connectivity index (χ3n) is 9.11. The highest BCUT2D eigenvalue weighted by molar-refractivity contribution is 6.15. The van der Waals surface area contributed by atoms with Gasteiger partial charge in [-0.3, -0.25) is 9.98 Å². The largest absolute Gasteiger partial charge is 0.437 e. The summed E-state index contributed by atoms with van der Waals surface area (Å²) >= 11 is 0. The maximum Gasteiger partial charge on any atom is 0.227 e. The summed E-state index contributed by atoms with van der Waals surface area (Å²) in [5.41, 5.74) is 11.0. The molecule has 2 aromatic heterocycles. The summed E-state index contributed by atoms with van der Waals surface area (Å²) < 4.78 is 6.64. The van der Waals surface area contributed by atoms with E-state index in [1.54, 1.807) is 0 Å². The van der Waals surface area contributed by atoms with Crippen LogP contribution in [0.4, 0.5) is 0 Å². The van der Waals surface area contributed by atoms with E-state index in [-0.39, 0.29) is 12.0 Å². The van der Waals surface area contributed by atoms with E-state index in [0.29, 0.717) is 12.1 Å². The average molecular weight is 558 g/mol. The predicted molar refractivity (Wildman–Crippen MR) is 178 cm³/mol. The van der Waals surface area contributed by atoms with Crippen LogP contribution in [0.5, 0.6) is 0 Å². The molecule has 0 N–H and O–H groups in total. The molecule has 4 nitrogen and oxygen atoms in total. The van der Waals surface area contributed by atoms with Gasteiger partial charge in [0, 0.05) is 51.2 Å². The first-order valence-electron chi connectivity index (χ1n) is 15.0. The molecule has 0 bridgehead atoms. The van der Waals surface area contributed by atoms with Crippen LogP contribution in [-0.2, 0) is 6.42 Å². The molecule has 0 aliphatic carbocycles. The van der Waals surface area contributed by atoms with Crippen molar-refractivity contribution in [2.75, 3.05) is 0 Å². The molecule has 208 valence electrons. The Morgan fingerprint density at radius 3 is 2.53 bits per heavy atom. The van der Waals surface area contributed by atoms with Crippen molar-refractivity contribution in [1.82, 2.24) is 4.98 Å². The quantitative estimate of drug-likeness (QED) is 0.213. The Morgan fingerprint density at radius 2 is 1.63 bits per heavy atom. The minimum Gasteiger partial charge on any atom is -0.437 e. The van der Waals surface area contributed by atoms with Crippen LogP contribution in [0.3, 0.4) is 0 Å². The summed E-state index contributed by atoms with van der Waals surface area (Å²) in [6, 6.07) is 32.1. The molecule has 0 spiro atoms. The zero-order chi connectivity index (χ0) is 29.1. The fourth-order valence-electron chi connectivity index (χ4n) is 7.15. The second kappa shape index (κ2) is 10.0.